The summed E-state index contributed by atoms with van der Waals surface area (Å²) < 4.78 is 2.78. The van der Waals surface area contributed by atoms with Gasteiger partial charge < -0.3 is 16.0 Å². The van der Waals surface area contributed by atoms with Crippen molar-refractivity contribution in [1.82, 2.24) is 25.1 Å². The number of aromatic nitrogens is 4. The summed E-state index contributed by atoms with van der Waals surface area (Å²) in [5.41, 5.74) is 1.77. The molecule has 0 saturated heterocycles. The zero-order valence-electron chi connectivity index (χ0n) is 15.7. The molecule has 3 N–H and O–H groups in total. The topological polar surface area (TPSA) is 96.8 Å². The predicted molar refractivity (Wildman–Crippen MR) is 112 cm³/mol. The Morgan fingerprint density at radius 2 is 2.07 bits per heavy atom. The van der Waals surface area contributed by atoms with Crippen molar-refractivity contribution in [3.8, 4) is 0 Å². The molecule has 4 rings (SSSR count). The van der Waals surface area contributed by atoms with Gasteiger partial charge in [0, 0.05) is 25.3 Å². The van der Waals surface area contributed by atoms with E-state index in [1.807, 2.05) is 24.7 Å². The molecule has 0 spiro atoms. The molecule has 1 fully saturated rings. The number of amides is 1. The first-order chi connectivity index (χ1) is 13.6. The fourth-order valence-electron chi connectivity index (χ4n) is 3.47. The second-order valence-electron chi connectivity index (χ2n) is 6.96. The van der Waals surface area contributed by atoms with Gasteiger partial charge in [0.25, 0.3) is 0 Å². The van der Waals surface area contributed by atoms with Gasteiger partial charge in [0.15, 0.2) is 0 Å². The molecule has 1 aliphatic rings. The van der Waals surface area contributed by atoms with E-state index < -0.39 is 0 Å². The van der Waals surface area contributed by atoms with E-state index in [-0.39, 0.29) is 11.9 Å². The highest BCUT2D eigenvalue weighted by atomic mass is 32.1. The van der Waals surface area contributed by atoms with Gasteiger partial charge in [-0.2, -0.15) is 10.1 Å². The number of nitrogens with one attached hydrogen (secondary N) is 3. The third-order valence-electron chi connectivity index (χ3n) is 4.86. The summed E-state index contributed by atoms with van der Waals surface area (Å²) in [7, 11) is 1.87. The Bertz CT molecular complexity index is 987. The normalized spacial score (nSPS) is 19.3. The molecule has 0 unspecified atom stereocenters. The van der Waals surface area contributed by atoms with E-state index in [9.17, 15) is 4.79 Å². The van der Waals surface area contributed by atoms with E-state index in [1.165, 1.54) is 6.08 Å². The van der Waals surface area contributed by atoms with Crippen LogP contribution in [0, 0.1) is 0 Å². The first-order valence-corrected chi connectivity index (χ1v) is 10.2. The van der Waals surface area contributed by atoms with Crippen molar-refractivity contribution in [3.05, 3.63) is 36.5 Å². The summed E-state index contributed by atoms with van der Waals surface area (Å²) in [6.07, 6.45) is 8.79. The Balaban J connectivity index is 1.47. The number of hydrogen-bond donors (Lipinski definition) is 3. The number of nitrogens with zero attached hydrogens (tertiary/aromatic N) is 4. The smallest absolute Gasteiger partial charge is 0.243 e. The molecular weight excluding hydrogens is 374 g/mol. The maximum absolute atomic E-state index is 11.5. The van der Waals surface area contributed by atoms with Gasteiger partial charge in [-0.05, 0) is 43.2 Å². The zero-order valence-corrected chi connectivity index (χ0v) is 16.5. The third kappa shape index (κ3) is 4.14. The van der Waals surface area contributed by atoms with Crippen LogP contribution in [0.2, 0.25) is 0 Å². The number of hydrogen-bond acceptors (Lipinski definition) is 7. The molecule has 8 nitrogen and oxygen atoms in total. The molecule has 0 aliphatic heterocycles. The fourth-order valence-corrected chi connectivity index (χ4v) is 4.25. The Morgan fingerprint density at radius 3 is 2.79 bits per heavy atom. The van der Waals surface area contributed by atoms with Crippen molar-refractivity contribution < 1.29 is 4.79 Å². The lowest BCUT2D eigenvalue weighted by atomic mass is 9.91. The minimum Gasteiger partial charge on any atom is -0.366 e. The van der Waals surface area contributed by atoms with Crippen LogP contribution in [-0.2, 0) is 11.8 Å². The summed E-state index contributed by atoms with van der Waals surface area (Å²) in [6, 6.07) is 2.55. The van der Waals surface area contributed by atoms with Crippen LogP contribution >= 0.6 is 11.3 Å². The summed E-state index contributed by atoms with van der Waals surface area (Å²) in [6.45, 7) is 3.51. The number of rotatable bonds is 6. The SMILES string of the molecule is C=CC(=O)N[C@H]1CC[C@H](Nc2nc(Nc3cnn(C)c3)nc3ccsc23)CC1. The minimum atomic E-state index is -0.0985. The standard InChI is InChI=1S/C19H23N7OS/c1-3-16(27)21-12-4-6-13(7-5-12)22-18-17-15(8-9-28-17)24-19(25-18)23-14-10-20-26(2)11-14/h3,8-13H,1,4-7H2,2H3,(H,21,27)(H2,22,23,24,25)/t12-,13-. The zero-order chi connectivity index (χ0) is 19.5. The molecular formula is C19H23N7OS. The number of aryl methyl sites for hydroxylation is 1. The summed E-state index contributed by atoms with van der Waals surface area (Å²) in [5.74, 6) is 1.30. The lowest BCUT2D eigenvalue weighted by molar-refractivity contribution is -0.117. The van der Waals surface area contributed by atoms with E-state index in [2.05, 4.69) is 32.6 Å². The largest absolute Gasteiger partial charge is 0.366 e. The molecule has 1 amide bonds. The number of anilines is 3. The van der Waals surface area contributed by atoms with Crippen molar-refractivity contribution in [2.24, 2.45) is 7.05 Å². The van der Waals surface area contributed by atoms with Crippen molar-refractivity contribution in [2.75, 3.05) is 10.6 Å². The lowest BCUT2D eigenvalue weighted by Crippen LogP contribution is -2.39. The van der Waals surface area contributed by atoms with Crippen LogP contribution in [-0.4, -0.2) is 37.7 Å². The summed E-state index contributed by atoms with van der Waals surface area (Å²) >= 11 is 1.63. The average molecular weight is 398 g/mol. The number of carbonyl (C=O) groups excluding carboxylic acids is 1. The van der Waals surface area contributed by atoms with Crippen LogP contribution < -0.4 is 16.0 Å². The van der Waals surface area contributed by atoms with Gasteiger partial charge in [0.1, 0.15) is 5.82 Å². The Hall–Kier alpha value is -2.94. The van der Waals surface area contributed by atoms with Crippen LogP contribution in [0.15, 0.2) is 36.5 Å². The van der Waals surface area contributed by atoms with Gasteiger partial charge in [-0.3, -0.25) is 9.48 Å². The molecule has 3 aromatic heterocycles. The molecule has 1 saturated carbocycles. The van der Waals surface area contributed by atoms with E-state index in [0.29, 0.717) is 12.0 Å². The van der Waals surface area contributed by atoms with Crippen molar-refractivity contribution in [1.29, 1.82) is 0 Å². The van der Waals surface area contributed by atoms with Gasteiger partial charge in [0.2, 0.25) is 11.9 Å². The minimum absolute atomic E-state index is 0.0985. The molecule has 146 valence electrons. The van der Waals surface area contributed by atoms with Crippen LogP contribution in [0.3, 0.4) is 0 Å². The maximum atomic E-state index is 11.5. The van der Waals surface area contributed by atoms with Gasteiger partial charge in [-0.1, -0.05) is 6.58 Å². The van der Waals surface area contributed by atoms with Gasteiger partial charge in [0.05, 0.1) is 22.1 Å². The molecule has 3 aromatic rings. The highest BCUT2D eigenvalue weighted by Gasteiger charge is 2.23. The number of carbonyl (C=O) groups is 1. The van der Waals surface area contributed by atoms with Crippen molar-refractivity contribution in [3.63, 3.8) is 0 Å². The van der Waals surface area contributed by atoms with Crippen LogP contribution in [0.1, 0.15) is 25.7 Å². The first kappa shape index (κ1) is 18.4. The van der Waals surface area contributed by atoms with Gasteiger partial charge in [-0.15, -0.1) is 11.3 Å². The second-order valence-corrected chi connectivity index (χ2v) is 7.88. The van der Waals surface area contributed by atoms with Crippen LogP contribution in [0.25, 0.3) is 10.2 Å². The fraction of sp³-hybridized carbons (Fsp3) is 0.368. The third-order valence-corrected chi connectivity index (χ3v) is 5.77. The molecule has 3 heterocycles. The molecule has 9 heteroatoms. The second kappa shape index (κ2) is 7.97. The molecule has 1 aliphatic carbocycles. The molecule has 0 bridgehead atoms. The van der Waals surface area contributed by atoms with E-state index in [4.69, 9.17) is 4.98 Å². The Kier molecular flexibility index (Phi) is 5.25. The Morgan fingerprint density at radius 1 is 1.29 bits per heavy atom. The van der Waals surface area contributed by atoms with E-state index in [1.54, 1.807) is 22.2 Å². The molecule has 28 heavy (non-hydrogen) atoms. The van der Waals surface area contributed by atoms with Crippen molar-refractivity contribution in [2.45, 2.75) is 37.8 Å². The maximum Gasteiger partial charge on any atom is 0.243 e. The number of thiophene rings is 1. The number of fused-ring (bicyclic) bond motifs is 1. The van der Waals surface area contributed by atoms with Crippen molar-refractivity contribution >= 4 is 44.9 Å². The van der Waals surface area contributed by atoms with Crippen LogP contribution in [0.4, 0.5) is 17.5 Å². The van der Waals surface area contributed by atoms with E-state index >= 15 is 0 Å². The molecule has 0 radical (unpaired) electrons. The lowest BCUT2D eigenvalue weighted by Gasteiger charge is -2.29. The average Bonchev–Trinajstić information content (AvgIpc) is 3.32. The highest BCUT2D eigenvalue weighted by molar-refractivity contribution is 7.17. The molecule has 0 aromatic carbocycles. The quantitative estimate of drug-likeness (QED) is 0.553. The van der Waals surface area contributed by atoms with Gasteiger partial charge >= 0.3 is 0 Å². The van der Waals surface area contributed by atoms with Gasteiger partial charge in [-0.25, -0.2) is 4.98 Å². The first-order valence-electron chi connectivity index (χ1n) is 9.31. The monoisotopic (exact) mass is 397 g/mol. The molecule has 0 atom stereocenters. The highest BCUT2D eigenvalue weighted by Crippen LogP contribution is 2.30. The summed E-state index contributed by atoms with van der Waals surface area (Å²) in [5, 5.41) is 16.0. The predicted octanol–water partition coefficient (Wildman–Crippen LogP) is 3.19. The van der Waals surface area contributed by atoms with E-state index in [0.717, 1.165) is 47.4 Å². The van der Waals surface area contributed by atoms with Crippen LogP contribution in [0.5, 0.6) is 0 Å². The summed E-state index contributed by atoms with van der Waals surface area (Å²) in [4.78, 5) is 20.8. The Labute approximate surface area is 167 Å².